The summed E-state index contributed by atoms with van der Waals surface area (Å²) in [4.78, 5) is 15.1. The Labute approximate surface area is 218 Å². The molecule has 36 heavy (non-hydrogen) atoms. The van der Waals surface area contributed by atoms with Crippen molar-refractivity contribution in [1.82, 2.24) is 5.43 Å². The Bertz CT molecular complexity index is 1320. The van der Waals surface area contributed by atoms with Gasteiger partial charge in [0.2, 0.25) is 0 Å². The van der Waals surface area contributed by atoms with Gasteiger partial charge >= 0.3 is 0 Å². The van der Waals surface area contributed by atoms with Crippen LogP contribution in [-0.4, -0.2) is 40.2 Å². The first-order chi connectivity index (χ1) is 17.1. The maximum absolute atomic E-state index is 13.5. The summed E-state index contributed by atoms with van der Waals surface area (Å²) in [6, 6.07) is 19.2. The molecule has 9 heteroatoms. The van der Waals surface area contributed by atoms with Crippen LogP contribution in [0.25, 0.3) is 0 Å². The highest BCUT2D eigenvalue weighted by Crippen LogP contribution is 2.29. The first-order valence-electron chi connectivity index (χ1n) is 11.7. The van der Waals surface area contributed by atoms with Crippen LogP contribution in [0.15, 0.2) is 76.7 Å². The summed E-state index contributed by atoms with van der Waals surface area (Å²) in [6.45, 7) is 9.20. The second-order valence-electron chi connectivity index (χ2n) is 8.31. The quantitative estimate of drug-likeness (QED) is 0.292. The van der Waals surface area contributed by atoms with E-state index in [-0.39, 0.29) is 4.90 Å². The standard InChI is InChI=1S/C27H31ClN4O3S/c1-5-31(6-2)24-12-9-22(10-13-24)18-29-30-27(33)19-32(26-16-11-23(28)17-21(26)4)36(34,35)25-14-7-20(3)8-15-25/h7-18H,5-6,19H2,1-4H3,(H,30,33)/b29-18+. The third-order valence-corrected chi connectivity index (χ3v) is 7.76. The van der Waals surface area contributed by atoms with Gasteiger partial charge in [-0.3, -0.25) is 9.10 Å². The SMILES string of the molecule is CCN(CC)c1ccc(/C=N/NC(=O)CN(c2ccc(Cl)cc2C)S(=O)(=O)c2ccc(C)cc2)cc1. The van der Waals surface area contributed by atoms with E-state index in [1.54, 1.807) is 37.3 Å². The van der Waals surface area contributed by atoms with Crippen molar-refractivity contribution in [3.05, 3.63) is 88.4 Å². The maximum Gasteiger partial charge on any atom is 0.264 e. The minimum atomic E-state index is -4.02. The molecule has 0 unspecified atom stereocenters. The van der Waals surface area contributed by atoms with Gasteiger partial charge in [-0.2, -0.15) is 5.10 Å². The molecule has 0 heterocycles. The van der Waals surface area contributed by atoms with Crippen molar-refractivity contribution in [3.8, 4) is 0 Å². The molecule has 0 spiro atoms. The summed E-state index contributed by atoms with van der Waals surface area (Å²) in [6.07, 6.45) is 1.52. The van der Waals surface area contributed by atoms with E-state index in [0.717, 1.165) is 34.2 Å². The number of hydrazone groups is 1. The first kappa shape index (κ1) is 27.2. The first-order valence-corrected chi connectivity index (χ1v) is 13.5. The van der Waals surface area contributed by atoms with Crippen LogP contribution in [0.5, 0.6) is 0 Å². The van der Waals surface area contributed by atoms with Gasteiger partial charge in [-0.05, 0) is 81.3 Å². The number of aryl methyl sites for hydroxylation is 2. The van der Waals surface area contributed by atoms with E-state index < -0.39 is 22.5 Å². The predicted molar refractivity (Wildman–Crippen MR) is 148 cm³/mol. The van der Waals surface area contributed by atoms with E-state index >= 15 is 0 Å². The summed E-state index contributed by atoms with van der Waals surface area (Å²) < 4.78 is 28.1. The molecule has 0 saturated carbocycles. The lowest BCUT2D eigenvalue weighted by Gasteiger charge is -2.25. The highest BCUT2D eigenvalue weighted by Gasteiger charge is 2.28. The number of carbonyl (C=O) groups excluding carboxylic acids is 1. The monoisotopic (exact) mass is 526 g/mol. The molecule has 3 aromatic rings. The molecule has 0 atom stereocenters. The molecular formula is C27H31ClN4O3S. The van der Waals surface area contributed by atoms with Gasteiger partial charge in [-0.25, -0.2) is 13.8 Å². The van der Waals surface area contributed by atoms with Gasteiger partial charge in [-0.1, -0.05) is 41.4 Å². The van der Waals surface area contributed by atoms with Crippen molar-refractivity contribution in [2.75, 3.05) is 28.8 Å². The van der Waals surface area contributed by atoms with Gasteiger partial charge in [0.05, 0.1) is 16.8 Å². The molecule has 1 amide bonds. The van der Waals surface area contributed by atoms with Crippen LogP contribution in [0.3, 0.4) is 0 Å². The van der Waals surface area contributed by atoms with E-state index in [2.05, 4.69) is 29.3 Å². The third-order valence-electron chi connectivity index (χ3n) is 5.75. The van der Waals surface area contributed by atoms with Crippen LogP contribution in [0, 0.1) is 13.8 Å². The second kappa shape index (κ2) is 12.1. The fourth-order valence-corrected chi connectivity index (χ4v) is 5.45. The van der Waals surface area contributed by atoms with E-state index in [1.165, 1.54) is 18.3 Å². The Morgan fingerprint density at radius 3 is 2.19 bits per heavy atom. The highest BCUT2D eigenvalue weighted by atomic mass is 35.5. The normalized spacial score (nSPS) is 11.5. The fourth-order valence-electron chi connectivity index (χ4n) is 3.74. The summed E-state index contributed by atoms with van der Waals surface area (Å²) in [7, 11) is -4.02. The molecule has 0 saturated heterocycles. The number of hydrogen-bond donors (Lipinski definition) is 1. The van der Waals surface area contributed by atoms with Gasteiger partial charge in [0.25, 0.3) is 15.9 Å². The van der Waals surface area contributed by atoms with Crippen LogP contribution >= 0.6 is 11.6 Å². The summed E-state index contributed by atoms with van der Waals surface area (Å²) in [5, 5.41) is 4.50. The maximum atomic E-state index is 13.5. The van der Waals surface area contributed by atoms with E-state index in [0.29, 0.717) is 16.3 Å². The smallest absolute Gasteiger partial charge is 0.264 e. The van der Waals surface area contributed by atoms with Gasteiger partial charge in [-0.15, -0.1) is 0 Å². The number of hydrogen-bond acceptors (Lipinski definition) is 5. The van der Waals surface area contributed by atoms with Crippen molar-refractivity contribution in [3.63, 3.8) is 0 Å². The van der Waals surface area contributed by atoms with Crippen LogP contribution < -0.4 is 14.6 Å². The van der Waals surface area contributed by atoms with Crippen LogP contribution in [-0.2, 0) is 14.8 Å². The summed E-state index contributed by atoms with van der Waals surface area (Å²) in [5.41, 5.74) is 6.28. The van der Waals surface area contributed by atoms with E-state index in [1.807, 2.05) is 31.2 Å². The largest absolute Gasteiger partial charge is 0.372 e. The fraction of sp³-hybridized carbons (Fsp3) is 0.259. The van der Waals surface area contributed by atoms with Crippen molar-refractivity contribution < 1.29 is 13.2 Å². The van der Waals surface area contributed by atoms with Crippen molar-refractivity contribution in [2.24, 2.45) is 5.10 Å². The van der Waals surface area contributed by atoms with Crippen molar-refractivity contribution in [1.29, 1.82) is 0 Å². The molecule has 0 bridgehead atoms. The van der Waals surface area contributed by atoms with Gasteiger partial charge < -0.3 is 4.90 Å². The van der Waals surface area contributed by atoms with Gasteiger partial charge in [0, 0.05) is 23.8 Å². The Hall–Kier alpha value is -3.36. The van der Waals surface area contributed by atoms with Crippen LogP contribution in [0.1, 0.15) is 30.5 Å². The Kier molecular flexibility index (Phi) is 9.12. The Balaban J connectivity index is 1.80. The highest BCUT2D eigenvalue weighted by molar-refractivity contribution is 7.92. The lowest BCUT2D eigenvalue weighted by Crippen LogP contribution is -2.40. The number of benzene rings is 3. The number of nitrogens with one attached hydrogen (secondary N) is 1. The minimum Gasteiger partial charge on any atom is -0.372 e. The molecular weight excluding hydrogens is 496 g/mol. The molecule has 0 aliphatic heterocycles. The molecule has 1 N–H and O–H groups in total. The lowest BCUT2D eigenvalue weighted by molar-refractivity contribution is -0.119. The predicted octanol–water partition coefficient (Wildman–Crippen LogP) is 5.15. The minimum absolute atomic E-state index is 0.0899. The molecule has 0 aliphatic rings. The molecule has 3 aromatic carbocycles. The number of rotatable bonds is 10. The van der Waals surface area contributed by atoms with E-state index in [4.69, 9.17) is 11.6 Å². The molecule has 0 aromatic heterocycles. The molecule has 0 fully saturated rings. The number of nitrogens with zero attached hydrogens (tertiary/aromatic N) is 3. The van der Waals surface area contributed by atoms with Crippen molar-refractivity contribution >= 4 is 45.1 Å². The summed E-state index contributed by atoms with van der Waals surface area (Å²) >= 11 is 6.08. The average molecular weight is 527 g/mol. The molecule has 0 radical (unpaired) electrons. The number of sulfonamides is 1. The molecule has 190 valence electrons. The van der Waals surface area contributed by atoms with Crippen LogP contribution in [0.4, 0.5) is 11.4 Å². The zero-order chi connectivity index (χ0) is 26.3. The Morgan fingerprint density at radius 2 is 1.61 bits per heavy atom. The van der Waals surface area contributed by atoms with Gasteiger partial charge in [0.15, 0.2) is 0 Å². The van der Waals surface area contributed by atoms with Gasteiger partial charge in [0.1, 0.15) is 6.54 Å². The second-order valence-corrected chi connectivity index (χ2v) is 10.6. The molecule has 3 rings (SSSR count). The molecule has 7 nitrogen and oxygen atoms in total. The number of amides is 1. The molecule has 0 aliphatic carbocycles. The Morgan fingerprint density at radius 1 is 0.972 bits per heavy atom. The average Bonchev–Trinajstić information content (AvgIpc) is 2.85. The summed E-state index contributed by atoms with van der Waals surface area (Å²) in [5.74, 6) is -0.573. The number of anilines is 2. The topological polar surface area (TPSA) is 82.1 Å². The van der Waals surface area contributed by atoms with Crippen molar-refractivity contribution in [2.45, 2.75) is 32.6 Å². The van der Waals surface area contributed by atoms with E-state index in [9.17, 15) is 13.2 Å². The number of halogens is 1. The third kappa shape index (κ3) is 6.65. The zero-order valence-electron chi connectivity index (χ0n) is 20.9. The van der Waals surface area contributed by atoms with Crippen LogP contribution in [0.2, 0.25) is 5.02 Å². The number of carbonyl (C=O) groups is 1. The zero-order valence-corrected chi connectivity index (χ0v) is 22.5. The lowest BCUT2D eigenvalue weighted by atomic mass is 10.2.